The van der Waals surface area contributed by atoms with Gasteiger partial charge in [-0.3, -0.25) is 14.4 Å². The molecule has 6 nitrogen and oxygen atoms in total. The number of hydrogen-bond donors (Lipinski definition) is 2. The van der Waals surface area contributed by atoms with Gasteiger partial charge in [0, 0.05) is 6.04 Å². The van der Waals surface area contributed by atoms with Crippen molar-refractivity contribution in [3.8, 4) is 0 Å². The van der Waals surface area contributed by atoms with Crippen molar-refractivity contribution >= 4 is 17.8 Å². The first-order chi connectivity index (χ1) is 16.3. The predicted molar refractivity (Wildman–Crippen MR) is 136 cm³/mol. The van der Waals surface area contributed by atoms with Gasteiger partial charge in [0.25, 0.3) is 0 Å². The monoisotopic (exact) mass is 481 g/mol. The Morgan fingerprint density at radius 3 is 1.91 bits per heavy atom. The van der Waals surface area contributed by atoms with Gasteiger partial charge in [-0.15, -0.1) is 0 Å². The zero-order chi connectivity index (χ0) is 25.3. The largest absolute Gasteiger partial charge is 0.481 e. The van der Waals surface area contributed by atoms with Crippen LogP contribution < -0.4 is 5.32 Å². The fourth-order valence-corrected chi connectivity index (χ4v) is 5.04. The van der Waals surface area contributed by atoms with Crippen LogP contribution >= 0.6 is 0 Å². The van der Waals surface area contributed by atoms with Crippen LogP contribution in [-0.4, -0.2) is 35.1 Å². The van der Waals surface area contributed by atoms with Gasteiger partial charge in [0.2, 0.25) is 5.91 Å². The molecule has 0 aromatic heterocycles. The molecule has 0 radical (unpaired) electrons. The molecule has 1 fully saturated rings. The molecule has 0 aliphatic carbocycles. The quantitative estimate of drug-likeness (QED) is 0.109. The van der Waals surface area contributed by atoms with E-state index in [1.54, 1.807) is 0 Å². The third kappa shape index (κ3) is 11.7. The zero-order valence-corrected chi connectivity index (χ0v) is 22.3. The SMILES string of the molecule is CCCCCCCCCCCC(C[C@@H]1OC(=O)[C@H]1CCCCCC)[C@H](C(=O)O)C(=O)NC(C)C. The number of cyclic esters (lactones) is 1. The molecule has 1 aliphatic heterocycles. The summed E-state index contributed by atoms with van der Waals surface area (Å²) < 4.78 is 5.46. The Labute approximate surface area is 208 Å². The second-order valence-corrected chi connectivity index (χ2v) is 10.5. The molecule has 6 heteroatoms. The van der Waals surface area contributed by atoms with Crippen molar-refractivity contribution in [1.29, 1.82) is 0 Å². The topological polar surface area (TPSA) is 92.7 Å². The van der Waals surface area contributed by atoms with Crippen molar-refractivity contribution in [3.63, 3.8) is 0 Å². The minimum absolute atomic E-state index is 0.115. The van der Waals surface area contributed by atoms with Gasteiger partial charge in [-0.25, -0.2) is 0 Å². The number of carbonyl (C=O) groups is 3. The van der Waals surface area contributed by atoms with Gasteiger partial charge in [0.05, 0.1) is 5.92 Å². The number of carbonyl (C=O) groups excluding carboxylic acids is 2. The van der Waals surface area contributed by atoms with Crippen LogP contribution in [0.1, 0.15) is 130 Å². The van der Waals surface area contributed by atoms with E-state index in [4.69, 9.17) is 4.74 Å². The lowest BCUT2D eigenvalue weighted by Gasteiger charge is -2.38. The van der Waals surface area contributed by atoms with Crippen LogP contribution in [0.4, 0.5) is 0 Å². The highest BCUT2D eigenvalue weighted by Gasteiger charge is 2.45. The van der Waals surface area contributed by atoms with Gasteiger partial charge in [-0.1, -0.05) is 97.3 Å². The molecule has 0 spiro atoms. The Bertz CT molecular complexity index is 591. The standard InChI is InChI=1S/C28H51NO5/c1-5-7-9-11-12-13-14-15-16-18-22(25(27(31)32)26(30)29-21(3)4)20-24-23(28(33)34-24)19-17-10-8-6-2/h21-25H,5-20H2,1-4H3,(H,29,30)(H,31,32)/t22?,23-,24-,25-/m0/s1. The second-order valence-electron chi connectivity index (χ2n) is 10.5. The van der Waals surface area contributed by atoms with E-state index < -0.39 is 17.8 Å². The molecule has 34 heavy (non-hydrogen) atoms. The lowest BCUT2D eigenvalue weighted by atomic mass is 9.77. The molecular weight excluding hydrogens is 430 g/mol. The third-order valence-corrected chi connectivity index (χ3v) is 7.05. The molecule has 1 rings (SSSR count). The number of nitrogens with one attached hydrogen (secondary N) is 1. The number of hydrogen-bond acceptors (Lipinski definition) is 4. The maximum absolute atomic E-state index is 12.8. The Kier molecular flexibility index (Phi) is 15.9. The summed E-state index contributed by atoms with van der Waals surface area (Å²) in [6.07, 6.45) is 16.8. The summed E-state index contributed by atoms with van der Waals surface area (Å²) in [5.74, 6) is -3.24. The molecule has 0 aromatic carbocycles. The van der Waals surface area contributed by atoms with Crippen LogP contribution in [0, 0.1) is 17.8 Å². The number of unbranched alkanes of at least 4 members (excludes halogenated alkanes) is 11. The van der Waals surface area contributed by atoms with Crippen molar-refractivity contribution in [2.45, 2.75) is 143 Å². The zero-order valence-electron chi connectivity index (χ0n) is 22.3. The van der Waals surface area contributed by atoms with E-state index in [0.29, 0.717) is 12.8 Å². The Morgan fingerprint density at radius 1 is 0.882 bits per heavy atom. The van der Waals surface area contributed by atoms with Crippen LogP contribution in [0.2, 0.25) is 0 Å². The molecule has 1 heterocycles. The normalized spacial score (nSPS) is 19.4. The Morgan fingerprint density at radius 2 is 1.41 bits per heavy atom. The van der Waals surface area contributed by atoms with Crippen molar-refractivity contribution < 1.29 is 24.2 Å². The fourth-order valence-electron chi connectivity index (χ4n) is 5.04. The first-order valence-corrected chi connectivity index (χ1v) is 14.0. The van der Waals surface area contributed by atoms with Crippen LogP contribution in [0.15, 0.2) is 0 Å². The smallest absolute Gasteiger partial charge is 0.316 e. The minimum atomic E-state index is -1.10. The van der Waals surface area contributed by atoms with Crippen LogP contribution in [0.3, 0.4) is 0 Å². The van der Waals surface area contributed by atoms with Gasteiger partial charge in [-0.05, 0) is 39.0 Å². The summed E-state index contributed by atoms with van der Waals surface area (Å²) in [6.45, 7) is 8.06. The van der Waals surface area contributed by atoms with E-state index >= 15 is 0 Å². The summed E-state index contributed by atoms with van der Waals surface area (Å²) in [5, 5.41) is 12.7. The molecule has 1 unspecified atom stereocenters. The van der Waals surface area contributed by atoms with E-state index in [1.807, 2.05) is 13.8 Å². The molecule has 0 bridgehead atoms. The molecule has 0 aromatic rings. The maximum atomic E-state index is 12.8. The average molecular weight is 482 g/mol. The highest BCUT2D eigenvalue weighted by Crippen LogP contribution is 2.36. The summed E-state index contributed by atoms with van der Waals surface area (Å²) in [6, 6.07) is -0.115. The average Bonchev–Trinajstić information content (AvgIpc) is 2.76. The van der Waals surface area contributed by atoms with E-state index in [-0.39, 0.29) is 30.0 Å². The Balaban J connectivity index is 2.67. The van der Waals surface area contributed by atoms with Crippen molar-refractivity contribution in [2.24, 2.45) is 17.8 Å². The summed E-state index contributed by atoms with van der Waals surface area (Å²) in [5.41, 5.74) is 0. The lowest BCUT2D eigenvalue weighted by Crippen LogP contribution is -2.49. The van der Waals surface area contributed by atoms with E-state index in [9.17, 15) is 19.5 Å². The van der Waals surface area contributed by atoms with E-state index in [1.165, 1.54) is 38.5 Å². The fraction of sp³-hybridized carbons (Fsp3) is 0.893. The predicted octanol–water partition coefficient (Wildman–Crippen LogP) is 6.65. The molecule has 4 atom stereocenters. The number of aliphatic carboxylic acids is 1. The number of ether oxygens (including phenoxy) is 1. The van der Waals surface area contributed by atoms with Crippen LogP contribution in [-0.2, 0) is 19.1 Å². The maximum Gasteiger partial charge on any atom is 0.316 e. The highest BCUT2D eigenvalue weighted by atomic mass is 16.6. The van der Waals surface area contributed by atoms with Crippen molar-refractivity contribution in [2.75, 3.05) is 0 Å². The first-order valence-electron chi connectivity index (χ1n) is 14.0. The van der Waals surface area contributed by atoms with Gasteiger partial charge in [0.1, 0.15) is 12.0 Å². The van der Waals surface area contributed by atoms with Crippen molar-refractivity contribution in [3.05, 3.63) is 0 Å². The second kappa shape index (κ2) is 17.8. The lowest BCUT2D eigenvalue weighted by molar-refractivity contribution is -0.188. The van der Waals surface area contributed by atoms with Gasteiger partial charge < -0.3 is 15.2 Å². The van der Waals surface area contributed by atoms with Gasteiger partial charge in [-0.2, -0.15) is 0 Å². The summed E-state index contributed by atoms with van der Waals surface area (Å²) in [7, 11) is 0. The Hall–Kier alpha value is -1.59. The number of carboxylic acid groups (broad SMARTS) is 1. The van der Waals surface area contributed by atoms with E-state index in [0.717, 1.165) is 51.4 Å². The van der Waals surface area contributed by atoms with Crippen LogP contribution in [0.5, 0.6) is 0 Å². The minimum Gasteiger partial charge on any atom is -0.481 e. The van der Waals surface area contributed by atoms with Gasteiger partial charge in [0.15, 0.2) is 0 Å². The third-order valence-electron chi connectivity index (χ3n) is 7.05. The highest BCUT2D eigenvalue weighted by molar-refractivity contribution is 5.97. The molecule has 2 N–H and O–H groups in total. The molecular formula is C28H51NO5. The molecule has 1 amide bonds. The summed E-state index contributed by atoms with van der Waals surface area (Å²) in [4.78, 5) is 37.0. The first kappa shape index (κ1) is 30.4. The van der Waals surface area contributed by atoms with E-state index in [2.05, 4.69) is 19.2 Å². The summed E-state index contributed by atoms with van der Waals surface area (Å²) >= 11 is 0. The molecule has 1 saturated heterocycles. The van der Waals surface area contributed by atoms with Crippen LogP contribution in [0.25, 0.3) is 0 Å². The number of carboxylic acids is 1. The number of esters is 1. The van der Waals surface area contributed by atoms with Gasteiger partial charge >= 0.3 is 11.9 Å². The molecule has 198 valence electrons. The molecule has 0 saturated carbocycles. The number of amides is 1. The number of rotatable bonds is 21. The molecule has 1 aliphatic rings. The van der Waals surface area contributed by atoms with Crippen molar-refractivity contribution in [1.82, 2.24) is 5.32 Å².